The van der Waals surface area contributed by atoms with Gasteiger partial charge in [-0.15, -0.1) is 0 Å². The zero-order valence-electron chi connectivity index (χ0n) is 12.2. The predicted octanol–water partition coefficient (Wildman–Crippen LogP) is -5.76. The van der Waals surface area contributed by atoms with Crippen molar-refractivity contribution in [3.63, 3.8) is 0 Å². The summed E-state index contributed by atoms with van der Waals surface area (Å²) in [4.78, 5) is 0. The Balaban J connectivity index is 2.55. The van der Waals surface area contributed by atoms with E-state index in [1.165, 1.54) is 0 Å². The van der Waals surface area contributed by atoms with Crippen LogP contribution in [0.4, 0.5) is 0 Å². The van der Waals surface area contributed by atoms with Gasteiger partial charge in [-0.2, -0.15) is 0 Å². The highest BCUT2D eigenvalue weighted by Crippen LogP contribution is 2.22. The molecule has 0 aliphatic carbocycles. The van der Waals surface area contributed by atoms with Crippen LogP contribution in [-0.4, -0.2) is 121 Å². The maximum absolute atomic E-state index is 9.70. The van der Waals surface area contributed by atoms with Crippen LogP contribution in [-0.2, 0) is 9.47 Å². The van der Waals surface area contributed by atoms with Gasteiger partial charge in [-0.1, -0.05) is 0 Å². The summed E-state index contributed by atoms with van der Waals surface area (Å²) in [6.07, 6.45) is -14.7. The second kappa shape index (κ2) is 9.15. The summed E-state index contributed by atoms with van der Waals surface area (Å²) in [6.45, 7) is -2.16. The average Bonchev–Trinajstić information content (AvgIpc) is 2.56. The summed E-state index contributed by atoms with van der Waals surface area (Å²) >= 11 is 0. The molecule has 1 heterocycles. The minimum atomic E-state index is -1.86. The first kappa shape index (κ1) is 20.6. The average molecular weight is 344 g/mol. The smallest absolute Gasteiger partial charge is 0.186 e. The molecule has 1 saturated heterocycles. The summed E-state index contributed by atoms with van der Waals surface area (Å²) in [5.41, 5.74) is 0. The van der Waals surface area contributed by atoms with Crippen molar-refractivity contribution in [2.75, 3.05) is 19.8 Å². The van der Waals surface area contributed by atoms with Crippen LogP contribution in [0.3, 0.4) is 0 Å². The van der Waals surface area contributed by atoms with E-state index < -0.39 is 74.9 Å². The molecule has 1 fully saturated rings. The van der Waals surface area contributed by atoms with Crippen LogP contribution >= 0.6 is 0 Å². The van der Waals surface area contributed by atoms with E-state index in [2.05, 4.69) is 0 Å². The molecule has 2 unspecified atom stereocenters. The molecule has 0 aromatic carbocycles. The molecular formula is C12H24O11. The van der Waals surface area contributed by atoms with Crippen LogP contribution in [0.5, 0.6) is 0 Å². The fourth-order valence-corrected chi connectivity index (χ4v) is 2.06. The summed E-state index contributed by atoms with van der Waals surface area (Å²) in [6, 6.07) is 0. The second-order valence-electron chi connectivity index (χ2n) is 5.33. The van der Waals surface area contributed by atoms with Gasteiger partial charge in [0.15, 0.2) is 6.29 Å². The van der Waals surface area contributed by atoms with E-state index in [0.29, 0.717) is 0 Å². The summed E-state index contributed by atoms with van der Waals surface area (Å²) in [7, 11) is 0. The Hall–Kier alpha value is -0.440. The number of ether oxygens (including phenoxy) is 2. The first-order valence-electron chi connectivity index (χ1n) is 6.99. The highest BCUT2D eigenvalue weighted by Gasteiger charge is 2.44. The normalized spacial score (nSPS) is 37.2. The fourth-order valence-electron chi connectivity index (χ4n) is 2.06. The Bertz CT molecular complexity index is 341. The van der Waals surface area contributed by atoms with Crippen LogP contribution in [0.1, 0.15) is 0 Å². The van der Waals surface area contributed by atoms with Crippen LogP contribution in [0.25, 0.3) is 0 Å². The third kappa shape index (κ3) is 5.01. The number of hydrogen-bond donors (Lipinski definition) is 9. The zero-order valence-corrected chi connectivity index (χ0v) is 12.2. The van der Waals surface area contributed by atoms with Crippen molar-refractivity contribution in [3.05, 3.63) is 0 Å². The molecule has 9 N–H and O–H groups in total. The molecule has 23 heavy (non-hydrogen) atoms. The maximum Gasteiger partial charge on any atom is 0.186 e. The van der Waals surface area contributed by atoms with Crippen molar-refractivity contribution in [1.29, 1.82) is 0 Å². The molecule has 0 amide bonds. The SMILES string of the molecule is OCC1O[C@H](OC[C@@H](O)[C@@H](O)[C@H](O)[C@H](O)CO)C(O)[C@@H](O)[C@@H]1O. The van der Waals surface area contributed by atoms with Gasteiger partial charge in [-0.05, 0) is 0 Å². The standard InChI is InChI=1S/C12H24O11/c13-1-4(15)7(17)8(18)5(16)3-22-12-11(21)10(20)9(19)6(2-14)23-12/h4-21H,1-3H2/t4-,5-,6?,7-,8-,9-,10+,11?,12+/m1/s1. The molecule has 1 aliphatic heterocycles. The number of hydrogen-bond acceptors (Lipinski definition) is 11. The van der Waals surface area contributed by atoms with E-state index in [0.717, 1.165) is 0 Å². The molecule has 1 aliphatic rings. The molecular weight excluding hydrogens is 320 g/mol. The van der Waals surface area contributed by atoms with Gasteiger partial charge in [0, 0.05) is 0 Å². The van der Waals surface area contributed by atoms with Gasteiger partial charge in [0.1, 0.15) is 48.8 Å². The van der Waals surface area contributed by atoms with E-state index in [-0.39, 0.29) is 0 Å². The van der Waals surface area contributed by atoms with Crippen LogP contribution < -0.4 is 0 Å². The summed E-state index contributed by atoms with van der Waals surface area (Å²) in [5.74, 6) is 0. The topological polar surface area (TPSA) is 201 Å². The molecule has 11 nitrogen and oxygen atoms in total. The van der Waals surface area contributed by atoms with Gasteiger partial charge in [0.2, 0.25) is 0 Å². The molecule has 0 aromatic rings. The monoisotopic (exact) mass is 344 g/mol. The first-order chi connectivity index (χ1) is 10.7. The Kier molecular flexibility index (Phi) is 8.20. The molecule has 0 spiro atoms. The van der Waals surface area contributed by atoms with Crippen LogP contribution in [0, 0.1) is 0 Å². The molecule has 0 bridgehead atoms. The van der Waals surface area contributed by atoms with Crippen molar-refractivity contribution >= 4 is 0 Å². The van der Waals surface area contributed by atoms with Crippen molar-refractivity contribution in [2.24, 2.45) is 0 Å². The lowest BCUT2D eigenvalue weighted by Crippen LogP contribution is -2.59. The molecule has 0 saturated carbocycles. The third-order valence-corrected chi connectivity index (χ3v) is 3.61. The lowest BCUT2D eigenvalue weighted by molar-refractivity contribution is -0.306. The molecule has 0 radical (unpaired) electrons. The molecule has 1 rings (SSSR count). The van der Waals surface area contributed by atoms with Crippen LogP contribution in [0.15, 0.2) is 0 Å². The molecule has 138 valence electrons. The fraction of sp³-hybridized carbons (Fsp3) is 1.00. The van der Waals surface area contributed by atoms with E-state index >= 15 is 0 Å². The Labute approximate surface area is 131 Å². The van der Waals surface area contributed by atoms with Gasteiger partial charge in [-0.25, -0.2) is 0 Å². The van der Waals surface area contributed by atoms with Gasteiger partial charge >= 0.3 is 0 Å². The summed E-state index contributed by atoms with van der Waals surface area (Å²) in [5, 5.41) is 84.4. The van der Waals surface area contributed by atoms with E-state index in [1.54, 1.807) is 0 Å². The second-order valence-corrected chi connectivity index (χ2v) is 5.33. The highest BCUT2D eigenvalue weighted by atomic mass is 16.7. The molecule has 11 heteroatoms. The quantitative estimate of drug-likeness (QED) is 0.203. The van der Waals surface area contributed by atoms with Gasteiger partial charge < -0.3 is 55.4 Å². The van der Waals surface area contributed by atoms with Crippen molar-refractivity contribution in [3.8, 4) is 0 Å². The van der Waals surface area contributed by atoms with E-state index in [4.69, 9.17) is 19.7 Å². The molecule has 0 aromatic heterocycles. The number of aliphatic hydroxyl groups is 9. The minimum Gasteiger partial charge on any atom is -0.394 e. The number of aliphatic hydroxyl groups excluding tert-OH is 9. The van der Waals surface area contributed by atoms with E-state index in [9.17, 15) is 35.7 Å². The summed E-state index contributed by atoms with van der Waals surface area (Å²) < 4.78 is 9.99. The zero-order chi connectivity index (χ0) is 17.7. The maximum atomic E-state index is 9.70. The Morgan fingerprint density at radius 1 is 0.826 bits per heavy atom. The lowest BCUT2D eigenvalue weighted by Gasteiger charge is -2.40. The van der Waals surface area contributed by atoms with E-state index in [1.807, 2.05) is 0 Å². The Morgan fingerprint density at radius 3 is 1.91 bits per heavy atom. The van der Waals surface area contributed by atoms with Crippen LogP contribution in [0.2, 0.25) is 0 Å². The van der Waals surface area contributed by atoms with Crippen molar-refractivity contribution < 1.29 is 55.4 Å². The Morgan fingerprint density at radius 2 is 1.39 bits per heavy atom. The lowest BCUT2D eigenvalue weighted by atomic mass is 9.99. The van der Waals surface area contributed by atoms with Gasteiger partial charge in [0.05, 0.1) is 19.8 Å². The minimum absolute atomic E-state index is 0.655. The number of rotatable bonds is 8. The van der Waals surface area contributed by atoms with Crippen molar-refractivity contribution in [1.82, 2.24) is 0 Å². The highest BCUT2D eigenvalue weighted by molar-refractivity contribution is 4.89. The van der Waals surface area contributed by atoms with Crippen molar-refractivity contribution in [2.45, 2.75) is 55.1 Å². The van der Waals surface area contributed by atoms with Gasteiger partial charge in [0.25, 0.3) is 0 Å². The van der Waals surface area contributed by atoms with Gasteiger partial charge in [-0.3, -0.25) is 0 Å². The first-order valence-corrected chi connectivity index (χ1v) is 6.99. The molecule has 9 atom stereocenters. The largest absolute Gasteiger partial charge is 0.394 e. The predicted molar refractivity (Wildman–Crippen MR) is 70.8 cm³/mol. The third-order valence-electron chi connectivity index (χ3n) is 3.61.